The van der Waals surface area contributed by atoms with Gasteiger partial charge in [0.15, 0.2) is 0 Å². The molecule has 0 spiro atoms. The Kier molecular flexibility index (Phi) is 4.30. The average molecular weight is 210 g/mol. The van der Waals surface area contributed by atoms with Crippen LogP contribution in [0, 0.1) is 6.92 Å². The fourth-order valence-corrected chi connectivity index (χ4v) is 1.32. The molecule has 0 aliphatic rings. The van der Waals surface area contributed by atoms with Crippen molar-refractivity contribution in [3.8, 4) is 0 Å². The van der Waals surface area contributed by atoms with E-state index in [9.17, 15) is 4.79 Å². The Labute approximate surface area is 89.7 Å². The van der Waals surface area contributed by atoms with Crippen LogP contribution in [0.15, 0.2) is 12.4 Å². The molecule has 1 aromatic rings. The summed E-state index contributed by atoms with van der Waals surface area (Å²) in [5, 5.41) is 2.81. The van der Waals surface area contributed by atoms with Gasteiger partial charge in [-0.1, -0.05) is 0 Å². The number of carbonyl (C=O) groups is 1. The molecule has 0 aliphatic carbocycles. The first-order valence-electron chi connectivity index (χ1n) is 5.09. The van der Waals surface area contributed by atoms with Crippen LogP contribution < -0.4 is 11.1 Å². The predicted octanol–water partition coefficient (Wildman–Crippen LogP) is 0.0450. The molecule has 1 amide bonds. The lowest BCUT2D eigenvalue weighted by Crippen LogP contribution is -2.32. The number of imidazole rings is 1. The van der Waals surface area contributed by atoms with E-state index >= 15 is 0 Å². The zero-order valence-electron chi connectivity index (χ0n) is 9.23. The van der Waals surface area contributed by atoms with Gasteiger partial charge in [0.1, 0.15) is 5.82 Å². The summed E-state index contributed by atoms with van der Waals surface area (Å²) >= 11 is 0. The first-order valence-corrected chi connectivity index (χ1v) is 5.09. The van der Waals surface area contributed by atoms with Gasteiger partial charge in [-0.15, -0.1) is 0 Å². The van der Waals surface area contributed by atoms with E-state index < -0.39 is 0 Å². The van der Waals surface area contributed by atoms with E-state index in [0.29, 0.717) is 13.0 Å². The van der Waals surface area contributed by atoms with Gasteiger partial charge in [-0.25, -0.2) is 4.98 Å². The smallest absolute Gasteiger partial charge is 0.221 e. The maximum Gasteiger partial charge on any atom is 0.221 e. The van der Waals surface area contributed by atoms with Crippen LogP contribution in [0.25, 0.3) is 0 Å². The third-order valence-electron chi connectivity index (χ3n) is 2.11. The second-order valence-corrected chi connectivity index (χ2v) is 3.70. The average Bonchev–Trinajstić information content (AvgIpc) is 2.50. The molecule has 1 heterocycles. The summed E-state index contributed by atoms with van der Waals surface area (Å²) < 4.78 is 1.99. The molecule has 0 aliphatic heterocycles. The SMILES string of the molecule is Cc1nccn1CCNC(=O)CC(C)N. The second-order valence-electron chi connectivity index (χ2n) is 3.70. The van der Waals surface area contributed by atoms with Gasteiger partial charge in [0.2, 0.25) is 5.91 Å². The van der Waals surface area contributed by atoms with Gasteiger partial charge in [-0.05, 0) is 13.8 Å². The van der Waals surface area contributed by atoms with E-state index in [0.717, 1.165) is 12.4 Å². The lowest BCUT2D eigenvalue weighted by molar-refractivity contribution is -0.121. The van der Waals surface area contributed by atoms with Gasteiger partial charge < -0.3 is 15.6 Å². The second kappa shape index (κ2) is 5.50. The summed E-state index contributed by atoms with van der Waals surface area (Å²) in [6.45, 7) is 5.11. The number of amides is 1. The number of hydrogen-bond donors (Lipinski definition) is 2. The maximum absolute atomic E-state index is 11.3. The zero-order chi connectivity index (χ0) is 11.3. The van der Waals surface area contributed by atoms with Crippen molar-refractivity contribution in [3.05, 3.63) is 18.2 Å². The number of aryl methyl sites for hydroxylation is 1. The summed E-state index contributed by atoms with van der Waals surface area (Å²) in [7, 11) is 0. The molecule has 3 N–H and O–H groups in total. The lowest BCUT2D eigenvalue weighted by Gasteiger charge is -2.08. The van der Waals surface area contributed by atoms with Crippen molar-refractivity contribution in [2.45, 2.75) is 32.9 Å². The van der Waals surface area contributed by atoms with Crippen molar-refractivity contribution in [1.29, 1.82) is 0 Å². The minimum atomic E-state index is -0.0834. The van der Waals surface area contributed by atoms with E-state index in [1.54, 1.807) is 6.20 Å². The molecule has 1 atom stereocenters. The molecule has 0 bridgehead atoms. The first-order chi connectivity index (χ1) is 7.09. The fourth-order valence-electron chi connectivity index (χ4n) is 1.32. The normalized spacial score (nSPS) is 12.5. The first kappa shape index (κ1) is 11.7. The van der Waals surface area contributed by atoms with Gasteiger partial charge in [0.25, 0.3) is 0 Å². The predicted molar refractivity (Wildman–Crippen MR) is 58.2 cm³/mol. The number of nitrogens with zero attached hydrogens (tertiary/aromatic N) is 2. The van der Waals surface area contributed by atoms with Gasteiger partial charge in [-0.3, -0.25) is 4.79 Å². The zero-order valence-corrected chi connectivity index (χ0v) is 9.23. The molecule has 15 heavy (non-hydrogen) atoms. The van der Waals surface area contributed by atoms with Gasteiger partial charge >= 0.3 is 0 Å². The summed E-state index contributed by atoms with van der Waals surface area (Å²) in [5.74, 6) is 0.958. The van der Waals surface area contributed by atoms with Crippen LogP contribution in [-0.4, -0.2) is 28.0 Å². The molecule has 84 valence electrons. The Morgan fingerprint density at radius 1 is 1.73 bits per heavy atom. The highest BCUT2D eigenvalue weighted by Crippen LogP contribution is 1.93. The van der Waals surface area contributed by atoms with Crippen LogP contribution in [0.4, 0.5) is 0 Å². The highest BCUT2D eigenvalue weighted by atomic mass is 16.1. The van der Waals surface area contributed by atoms with Crippen molar-refractivity contribution >= 4 is 5.91 Å². The minimum absolute atomic E-state index is 0.00256. The van der Waals surface area contributed by atoms with E-state index in [1.165, 1.54) is 0 Å². The van der Waals surface area contributed by atoms with Crippen molar-refractivity contribution in [3.63, 3.8) is 0 Å². The largest absolute Gasteiger partial charge is 0.354 e. The van der Waals surface area contributed by atoms with Crippen molar-refractivity contribution < 1.29 is 4.79 Å². The molecule has 5 nitrogen and oxygen atoms in total. The molecule has 1 rings (SSSR count). The Morgan fingerprint density at radius 2 is 2.47 bits per heavy atom. The molecule has 0 aromatic carbocycles. The van der Waals surface area contributed by atoms with Crippen molar-refractivity contribution in [2.75, 3.05) is 6.54 Å². The number of hydrogen-bond acceptors (Lipinski definition) is 3. The number of nitrogens with one attached hydrogen (secondary N) is 1. The molecule has 0 saturated heterocycles. The summed E-state index contributed by atoms with van der Waals surface area (Å²) in [4.78, 5) is 15.3. The van der Waals surface area contributed by atoms with E-state index in [1.807, 2.05) is 24.6 Å². The molecular formula is C10H18N4O. The van der Waals surface area contributed by atoms with E-state index in [2.05, 4.69) is 10.3 Å². The summed E-state index contributed by atoms with van der Waals surface area (Å²) in [5.41, 5.74) is 5.51. The van der Waals surface area contributed by atoms with Gasteiger partial charge in [-0.2, -0.15) is 0 Å². The maximum atomic E-state index is 11.3. The molecule has 1 aromatic heterocycles. The molecule has 5 heteroatoms. The van der Waals surface area contributed by atoms with Gasteiger partial charge in [0.05, 0.1) is 0 Å². The van der Waals surface area contributed by atoms with Crippen LogP contribution in [0.1, 0.15) is 19.2 Å². The monoisotopic (exact) mass is 210 g/mol. The fraction of sp³-hybridized carbons (Fsp3) is 0.600. The molecule has 0 radical (unpaired) electrons. The molecule has 0 saturated carbocycles. The highest BCUT2D eigenvalue weighted by Gasteiger charge is 2.04. The summed E-state index contributed by atoms with van der Waals surface area (Å²) in [6, 6.07) is -0.0834. The molecule has 1 unspecified atom stereocenters. The minimum Gasteiger partial charge on any atom is -0.354 e. The standard InChI is InChI=1S/C10H18N4O/c1-8(11)7-10(15)13-4-6-14-5-3-12-9(14)2/h3,5,8H,4,6-7,11H2,1-2H3,(H,13,15). The van der Waals surface area contributed by atoms with Crippen LogP contribution in [0.2, 0.25) is 0 Å². The van der Waals surface area contributed by atoms with E-state index in [4.69, 9.17) is 5.73 Å². The Balaban J connectivity index is 2.22. The van der Waals surface area contributed by atoms with Crippen molar-refractivity contribution in [1.82, 2.24) is 14.9 Å². The highest BCUT2D eigenvalue weighted by molar-refractivity contribution is 5.76. The van der Waals surface area contributed by atoms with Crippen LogP contribution in [0.3, 0.4) is 0 Å². The number of rotatable bonds is 5. The van der Waals surface area contributed by atoms with Crippen LogP contribution in [-0.2, 0) is 11.3 Å². The Morgan fingerprint density at radius 3 is 3.00 bits per heavy atom. The van der Waals surface area contributed by atoms with Gasteiger partial charge in [0, 0.05) is 37.9 Å². The third kappa shape index (κ3) is 4.12. The van der Waals surface area contributed by atoms with Crippen molar-refractivity contribution in [2.24, 2.45) is 5.73 Å². The van der Waals surface area contributed by atoms with Crippen LogP contribution in [0.5, 0.6) is 0 Å². The third-order valence-corrected chi connectivity index (χ3v) is 2.11. The number of aromatic nitrogens is 2. The molecule has 0 fully saturated rings. The van der Waals surface area contributed by atoms with E-state index in [-0.39, 0.29) is 11.9 Å². The quantitative estimate of drug-likeness (QED) is 0.721. The summed E-state index contributed by atoms with van der Waals surface area (Å²) in [6.07, 6.45) is 4.02. The number of nitrogens with two attached hydrogens (primary N) is 1. The lowest BCUT2D eigenvalue weighted by atomic mass is 10.2. The molecular weight excluding hydrogens is 192 g/mol. The Hall–Kier alpha value is -1.36. The topological polar surface area (TPSA) is 72.9 Å². The number of carbonyl (C=O) groups excluding carboxylic acids is 1. The van der Waals surface area contributed by atoms with Crippen LogP contribution >= 0.6 is 0 Å². The Bertz CT molecular complexity index is 319.